The van der Waals surface area contributed by atoms with E-state index in [9.17, 15) is 13.2 Å². The van der Waals surface area contributed by atoms with Crippen molar-refractivity contribution in [1.29, 1.82) is 0 Å². The topological polar surface area (TPSA) is 86.7 Å². The second kappa shape index (κ2) is 4.91. The summed E-state index contributed by atoms with van der Waals surface area (Å²) in [4.78, 5) is 10.8. The first-order chi connectivity index (χ1) is 6.95. The summed E-state index contributed by atoms with van der Waals surface area (Å²) in [5, 5.41) is 11.3. The molecule has 0 aliphatic carbocycles. The first-order valence-corrected chi connectivity index (χ1v) is 6.42. The first-order valence-electron chi connectivity index (χ1n) is 4.81. The number of carbonyl (C=O) groups excluding carboxylic acids is 1. The van der Waals surface area contributed by atoms with E-state index >= 15 is 0 Å². The molecule has 1 rings (SSSR count). The molecule has 1 heterocycles. The van der Waals surface area contributed by atoms with Crippen LogP contribution in [-0.4, -0.2) is 55.2 Å². The fourth-order valence-corrected chi connectivity index (χ4v) is 2.91. The number of aliphatic hydroxyl groups is 1. The molecule has 0 aromatic carbocycles. The summed E-state index contributed by atoms with van der Waals surface area (Å²) in [5.74, 6) is -0.402. The van der Waals surface area contributed by atoms with E-state index in [-0.39, 0.29) is 24.3 Å². The molecule has 7 heteroatoms. The van der Waals surface area contributed by atoms with Crippen LogP contribution in [0.1, 0.15) is 13.3 Å². The molecule has 0 aromatic heterocycles. The molecule has 2 N–H and O–H groups in total. The van der Waals surface area contributed by atoms with E-state index in [0.29, 0.717) is 19.5 Å². The Kier molecular flexibility index (Phi) is 4.06. The maximum absolute atomic E-state index is 11.5. The van der Waals surface area contributed by atoms with Crippen molar-refractivity contribution in [3.63, 3.8) is 0 Å². The predicted octanol–water partition coefficient (Wildman–Crippen LogP) is -1.48. The van der Waals surface area contributed by atoms with Crippen LogP contribution in [0, 0.1) is 0 Å². The van der Waals surface area contributed by atoms with Crippen molar-refractivity contribution in [3.8, 4) is 0 Å². The molecule has 88 valence electrons. The molecule has 1 fully saturated rings. The summed E-state index contributed by atoms with van der Waals surface area (Å²) in [6, 6.07) is -0.101. The van der Waals surface area contributed by atoms with Crippen LogP contribution in [0.4, 0.5) is 0 Å². The van der Waals surface area contributed by atoms with E-state index in [1.54, 1.807) is 0 Å². The van der Waals surface area contributed by atoms with Gasteiger partial charge >= 0.3 is 0 Å². The van der Waals surface area contributed by atoms with E-state index in [1.165, 1.54) is 11.2 Å². The summed E-state index contributed by atoms with van der Waals surface area (Å²) >= 11 is 0. The van der Waals surface area contributed by atoms with Gasteiger partial charge in [0.25, 0.3) is 0 Å². The average molecular weight is 236 g/mol. The Balaban J connectivity index is 2.52. The Bertz CT molecular complexity index is 328. The van der Waals surface area contributed by atoms with Crippen LogP contribution in [0.25, 0.3) is 0 Å². The monoisotopic (exact) mass is 236 g/mol. The highest BCUT2D eigenvalue weighted by Crippen LogP contribution is 2.13. The number of hydrogen-bond acceptors (Lipinski definition) is 4. The van der Waals surface area contributed by atoms with Crippen LogP contribution in [0.3, 0.4) is 0 Å². The van der Waals surface area contributed by atoms with Crippen LogP contribution >= 0.6 is 0 Å². The normalized spacial score (nSPS) is 22.9. The Morgan fingerprint density at radius 1 is 1.60 bits per heavy atom. The maximum atomic E-state index is 11.5. The van der Waals surface area contributed by atoms with E-state index in [2.05, 4.69) is 5.32 Å². The van der Waals surface area contributed by atoms with E-state index in [4.69, 9.17) is 5.11 Å². The molecule has 0 spiro atoms. The van der Waals surface area contributed by atoms with Crippen molar-refractivity contribution in [1.82, 2.24) is 9.62 Å². The quantitative estimate of drug-likeness (QED) is 0.623. The minimum Gasteiger partial charge on any atom is -0.395 e. The molecule has 1 unspecified atom stereocenters. The van der Waals surface area contributed by atoms with E-state index < -0.39 is 10.0 Å². The van der Waals surface area contributed by atoms with Gasteiger partial charge in [-0.1, -0.05) is 0 Å². The third kappa shape index (κ3) is 3.44. The van der Waals surface area contributed by atoms with Gasteiger partial charge in [-0.05, 0) is 6.42 Å². The molecule has 0 bridgehead atoms. The fraction of sp³-hybridized carbons (Fsp3) is 0.875. The largest absolute Gasteiger partial charge is 0.395 e. The van der Waals surface area contributed by atoms with Gasteiger partial charge in [-0.15, -0.1) is 0 Å². The van der Waals surface area contributed by atoms with Crippen molar-refractivity contribution < 1.29 is 18.3 Å². The van der Waals surface area contributed by atoms with Crippen molar-refractivity contribution in [2.45, 2.75) is 19.4 Å². The number of nitrogens with zero attached hydrogens (tertiary/aromatic N) is 1. The number of hydrogen-bond donors (Lipinski definition) is 2. The summed E-state index contributed by atoms with van der Waals surface area (Å²) in [5.41, 5.74) is 0. The van der Waals surface area contributed by atoms with Crippen molar-refractivity contribution in [2.24, 2.45) is 0 Å². The molecule has 0 aromatic rings. The second-order valence-electron chi connectivity index (χ2n) is 3.58. The van der Waals surface area contributed by atoms with Gasteiger partial charge in [0.15, 0.2) is 0 Å². The third-order valence-corrected chi connectivity index (χ3v) is 4.12. The molecule has 0 radical (unpaired) electrons. The molecule has 1 atom stereocenters. The summed E-state index contributed by atoms with van der Waals surface area (Å²) in [6.07, 6.45) is 0.629. The van der Waals surface area contributed by atoms with Crippen molar-refractivity contribution in [2.75, 3.05) is 25.4 Å². The number of nitrogens with one attached hydrogen (secondary N) is 1. The van der Waals surface area contributed by atoms with Gasteiger partial charge in [0.1, 0.15) is 0 Å². The zero-order chi connectivity index (χ0) is 11.5. The van der Waals surface area contributed by atoms with Gasteiger partial charge in [-0.2, -0.15) is 4.31 Å². The Labute approximate surface area is 89.3 Å². The second-order valence-corrected chi connectivity index (χ2v) is 5.67. The number of aliphatic hydroxyl groups excluding tert-OH is 1. The van der Waals surface area contributed by atoms with E-state index in [1.807, 2.05) is 0 Å². The van der Waals surface area contributed by atoms with Crippen LogP contribution < -0.4 is 5.32 Å². The molecule has 15 heavy (non-hydrogen) atoms. The molecular formula is C8H16N2O4S. The minimum absolute atomic E-state index is 0.101. The average Bonchev–Trinajstić information content (AvgIpc) is 2.51. The molecule has 0 saturated carbocycles. The Morgan fingerprint density at radius 2 is 2.27 bits per heavy atom. The lowest BCUT2D eigenvalue weighted by molar-refractivity contribution is -0.119. The number of carbonyl (C=O) groups is 1. The van der Waals surface area contributed by atoms with Crippen LogP contribution in [0.2, 0.25) is 0 Å². The first kappa shape index (κ1) is 12.4. The molecule has 6 nitrogen and oxygen atoms in total. The Hall–Kier alpha value is -0.660. The lowest BCUT2D eigenvalue weighted by Gasteiger charge is -2.15. The SMILES string of the molecule is CC(=O)NC1CCN(S(=O)(=O)CCO)C1. The third-order valence-electron chi connectivity index (χ3n) is 2.30. The molecule has 1 saturated heterocycles. The zero-order valence-electron chi connectivity index (χ0n) is 8.64. The fourth-order valence-electron chi connectivity index (χ4n) is 1.63. The van der Waals surface area contributed by atoms with Gasteiger partial charge in [0.2, 0.25) is 15.9 Å². The number of rotatable bonds is 4. The Morgan fingerprint density at radius 3 is 2.80 bits per heavy atom. The molecule has 1 aliphatic rings. The highest BCUT2D eigenvalue weighted by atomic mass is 32.2. The van der Waals surface area contributed by atoms with Gasteiger partial charge in [-0.25, -0.2) is 8.42 Å². The predicted molar refractivity (Wildman–Crippen MR) is 54.7 cm³/mol. The lowest BCUT2D eigenvalue weighted by atomic mass is 10.3. The highest BCUT2D eigenvalue weighted by Gasteiger charge is 2.30. The smallest absolute Gasteiger partial charge is 0.217 e. The van der Waals surface area contributed by atoms with Crippen LogP contribution in [0.15, 0.2) is 0 Å². The van der Waals surface area contributed by atoms with Gasteiger partial charge in [0.05, 0.1) is 12.4 Å². The minimum atomic E-state index is -3.35. The van der Waals surface area contributed by atoms with Gasteiger partial charge < -0.3 is 10.4 Å². The van der Waals surface area contributed by atoms with Crippen LogP contribution in [-0.2, 0) is 14.8 Å². The van der Waals surface area contributed by atoms with E-state index in [0.717, 1.165) is 0 Å². The van der Waals surface area contributed by atoms with Gasteiger partial charge in [0, 0.05) is 26.1 Å². The van der Waals surface area contributed by atoms with Crippen molar-refractivity contribution in [3.05, 3.63) is 0 Å². The maximum Gasteiger partial charge on any atom is 0.217 e. The number of amides is 1. The summed E-state index contributed by atoms with van der Waals surface area (Å²) < 4.78 is 24.3. The number of sulfonamides is 1. The van der Waals surface area contributed by atoms with Gasteiger partial charge in [-0.3, -0.25) is 4.79 Å². The summed E-state index contributed by atoms with van der Waals surface area (Å²) in [6.45, 7) is 1.75. The highest BCUT2D eigenvalue weighted by molar-refractivity contribution is 7.89. The lowest BCUT2D eigenvalue weighted by Crippen LogP contribution is -2.38. The molecular weight excluding hydrogens is 220 g/mol. The van der Waals surface area contributed by atoms with Crippen LogP contribution in [0.5, 0.6) is 0 Å². The molecule has 1 aliphatic heterocycles. The zero-order valence-corrected chi connectivity index (χ0v) is 9.46. The molecule has 1 amide bonds. The standard InChI is InChI=1S/C8H16N2O4S/c1-7(12)9-8-2-3-10(6-8)15(13,14)5-4-11/h8,11H,2-6H2,1H3,(H,9,12). The summed E-state index contributed by atoms with van der Waals surface area (Å²) in [7, 11) is -3.35. The van der Waals surface area contributed by atoms with Crippen molar-refractivity contribution >= 4 is 15.9 Å².